The predicted molar refractivity (Wildman–Crippen MR) is 68.4 cm³/mol. The minimum absolute atomic E-state index is 0.307. The van der Waals surface area contributed by atoms with Crippen molar-refractivity contribution in [1.82, 2.24) is 14.7 Å². The van der Waals surface area contributed by atoms with Gasteiger partial charge >= 0.3 is 0 Å². The highest BCUT2D eigenvalue weighted by Crippen LogP contribution is 2.19. The summed E-state index contributed by atoms with van der Waals surface area (Å²) in [6.45, 7) is 9.15. The summed E-state index contributed by atoms with van der Waals surface area (Å²) in [6, 6.07) is 0. The first-order valence-corrected chi connectivity index (χ1v) is 6.23. The molecule has 1 saturated heterocycles. The summed E-state index contributed by atoms with van der Waals surface area (Å²) >= 11 is 0. The van der Waals surface area contributed by atoms with E-state index in [-0.39, 0.29) is 0 Å². The first-order valence-electron chi connectivity index (χ1n) is 6.23. The van der Waals surface area contributed by atoms with Crippen LogP contribution in [0.1, 0.15) is 24.1 Å². The van der Waals surface area contributed by atoms with E-state index in [0.29, 0.717) is 12.5 Å². The molecule has 0 bridgehead atoms. The van der Waals surface area contributed by atoms with Crippen LogP contribution in [-0.4, -0.2) is 39.5 Å². The lowest BCUT2D eigenvalue weighted by atomic mass is 9.98. The SMILES string of the molecule is C=Cn1ncc(CN2CCCC(CO)C2)c1C. The molecule has 4 heteroatoms. The summed E-state index contributed by atoms with van der Waals surface area (Å²) in [5.41, 5.74) is 2.41. The van der Waals surface area contributed by atoms with Crippen molar-refractivity contribution in [3.05, 3.63) is 24.0 Å². The van der Waals surface area contributed by atoms with Gasteiger partial charge in [-0.25, -0.2) is 4.68 Å². The van der Waals surface area contributed by atoms with Crippen molar-refractivity contribution in [2.75, 3.05) is 19.7 Å². The molecular formula is C13H21N3O. The molecule has 94 valence electrons. The molecule has 1 atom stereocenters. The molecule has 4 nitrogen and oxygen atoms in total. The maximum absolute atomic E-state index is 9.22. The van der Waals surface area contributed by atoms with Crippen molar-refractivity contribution >= 4 is 6.20 Å². The van der Waals surface area contributed by atoms with Gasteiger partial charge in [-0.3, -0.25) is 4.90 Å². The average Bonchev–Trinajstić information content (AvgIpc) is 2.71. The number of hydrogen-bond donors (Lipinski definition) is 1. The molecule has 2 rings (SSSR count). The summed E-state index contributed by atoms with van der Waals surface area (Å²) in [6.07, 6.45) is 5.98. The Labute approximate surface area is 103 Å². The molecule has 0 aromatic carbocycles. The highest BCUT2D eigenvalue weighted by Gasteiger charge is 2.20. The summed E-state index contributed by atoms with van der Waals surface area (Å²) in [7, 11) is 0. The number of likely N-dealkylation sites (tertiary alicyclic amines) is 1. The number of aromatic nitrogens is 2. The second-order valence-electron chi connectivity index (χ2n) is 4.81. The maximum atomic E-state index is 9.22. The van der Waals surface area contributed by atoms with Gasteiger partial charge in [0.15, 0.2) is 0 Å². The molecule has 1 aromatic rings. The second kappa shape index (κ2) is 5.47. The largest absolute Gasteiger partial charge is 0.396 e. The van der Waals surface area contributed by atoms with E-state index >= 15 is 0 Å². The van der Waals surface area contributed by atoms with Gasteiger partial charge in [-0.2, -0.15) is 5.10 Å². The summed E-state index contributed by atoms with van der Waals surface area (Å²) in [4.78, 5) is 2.40. The van der Waals surface area contributed by atoms with Crippen molar-refractivity contribution in [2.45, 2.75) is 26.3 Å². The minimum atomic E-state index is 0.307. The van der Waals surface area contributed by atoms with E-state index in [9.17, 15) is 5.11 Å². The van der Waals surface area contributed by atoms with Crippen LogP contribution in [0, 0.1) is 12.8 Å². The van der Waals surface area contributed by atoms with Gasteiger partial charge in [0.05, 0.1) is 6.20 Å². The van der Waals surface area contributed by atoms with Gasteiger partial charge in [0.25, 0.3) is 0 Å². The highest BCUT2D eigenvalue weighted by molar-refractivity contribution is 5.26. The van der Waals surface area contributed by atoms with Gasteiger partial charge in [-0.15, -0.1) is 0 Å². The fraction of sp³-hybridized carbons (Fsp3) is 0.615. The molecule has 1 N–H and O–H groups in total. The fourth-order valence-electron chi connectivity index (χ4n) is 2.48. The summed E-state index contributed by atoms with van der Waals surface area (Å²) in [5.74, 6) is 0.443. The van der Waals surface area contributed by atoms with Gasteiger partial charge in [-0.05, 0) is 32.2 Å². The molecule has 17 heavy (non-hydrogen) atoms. The molecule has 1 aliphatic rings. The zero-order chi connectivity index (χ0) is 12.3. The topological polar surface area (TPSA) is 41.3 Å². The van der Waals surface area contributed by atoms with Crippen LogP contribution in [-0.2, 0) is 6.54 Å². The predicted octanol–water partition coefficient (Wildman–Crippen LogP) is 1.50. The van der Waals surface area contributed by atoms with E-state index in [1.807, 2.05) is 10.9 Å². The summed E-state index contributed by atoms with van der Waals surface area (Å²) < 4.78 is 1.81. The van der Waals surface area contributed by atoms with Gasteiger partial charge < -0.3 is 5.11 Å². The molecule has 0 saturated carbocycles. The van der Waals surface area contributed by atoms with Crippen LogP contribution in [0.3, 0.4) is 0 Å². The number of nitrogens with zero attached hydrogens (tertiary/aromatic N) is 3. The quantitative estimate of drug-likeness (QED) is 0.860. The second-order valence-corrected chi connectivity index (χ2v) is 4.81. The third kappa shape index (κ3) is 2.76. The Bertz CT molecular complexity index is 386. The first-order chi connectivity index (χ1) is 8.24. The molecule has 1 aliphatic heterocycles. The first kappa shape index (κ1) is 12.3. The van der Waals surface area contributed by atoms with Crippen molar-refractivity contribution in [3.63, 3.8) is 0 Å². The Morgan fingerprint density at radius 2 is 2.47 bits per heavy atom. The number of aliphatic hydroxyl groups excluding tert-OH is 1. The minimum Gasteiger partial charge on any atom is -0.396 e. The molecule has 0 amide bonds. The summed E-state index contributed by atoms with van der Waals surface area (Å²) in [5, 5.41) is 13.5. The van der Waals surface area contributed by atoms with Gasteiger partial charge in [-0.1, -0.05) is 6.58 Å². The van der Waals surface area contributed by atoms with E-state index in [2.05, 4.69) is 23.5 Å². The van der Waals surface area contributed by atoms with Crippen LogP contribution in [0.15, 0.2) is 12.8 Å². The van der Waals surface area contributed by atoms with Gasteiger partial charge in [0.2, 0.25) is 0 Å². The molecule has 0 aliphatic carbocycles. The maximum Gasteiger partial charge on any atom is 0.0541 e. The van der Waals surface area contributed by atoms with Gasteiger partial charge in [0.1, 0.15) is 0 Å². The van der Waals surface area contributed by atoms with Crippen LogP contribution in [0.25, 0.3) is 6.20 Å². The Balaban J connectivity index is 2.00. The van der Waals surface area contributed by atoms with Crippen LogP contribution < -0.4 is 0 Å². The third-order valence-electron chi connectivity index (χ3n) is 3.57. The number of piperidine rings is 1. The lowest BCUT2D eigenvalue weighted by Crippen LogP contribution is -2.36. The highest BCUT2D eigenvalue weighted by atomic mass is 16.3. The smallest absolute Gasteiger partial charge is 0.0541 e. The van der Waals surface area contributed by atoms with E-state index < -0.39 is 0 Å². The molecular weight excluding hydrogens is 214 g/mol. The van der Waals surface area contributed by atoms with Crippen molar-refractivity contribution < 1.29 is 5.11 Å². The lowest BCUT2D eigenvalue weighted by Gasteiger charge is -2.31. The van der Waals surface area contributed by atoms with E-state index in [1.165, 1.54) is 12.0 Å². The molecule has 0 spiro atoms. The monoisotopic (exact) mass is 235 g/mol. The van der Waals surface area contributed by atoms with Crippen molar-refractivity contribution in [3.8, 4) is 0 Å². The number of aliphatic hydroxyl groups is 1. The van der Waals surface area contributed by atoms with Crippen molar-refractivity contribution in [2.24, 2.45) is 5.92 Å². The van der Waals surface area contributed by atoms with Crippen LogP contribution >= 0.6 is 0 Å². The Morgan fingerprint density at radius 1 is 1.65 bits per heavy atom. The zero-order valence-corrected chi connectivity index (χ0v) is 10.5. The molecule has 1 aromatic heterocycles. The number of hydrogen-bond acceptors (Lipinski definition) is 3. The van der Waals surface area contributed by atoms with Crippen molar-refractivity contribution in [1.29, 1.82) is 0 Å². The average molecular weight is 235 g/mol. The Hall–Kier alpha value is -1.13. The zero-order valence-electron chi connectivity index (χ0n) is 10.5. The van der Waals surface area contributed by atoms with E-state index in [4.69, 9.17) is 0 Å². The Morgan fingerprint density at radius 3 is 3.12 bits per heavy atom. The normalized spacial score (nSPS) is 21.6. The van der Waals surface area contributed by atoms with E-state index in [0.717, 1.165) is 31.7 Å². The third-order valence-corrected chi connectivity index (χ3v) is 3.57. The van der Waals surface area contributed by atoms with Crippen LogP contribution in [0.5, 0.6) is 0 Å². The van der Waals surface area contributed by atoms with Gasteiger partial charge in [0, 0.05) is 37.2 Å². The lowest BCUT2D eigenvalue weighted by molar-refractivity contribution is 0.116. The van der Waals surface area contributed by atoms with Crippen LogP contribution in [0.4, 0.5) is 0 Å². The van der Waals surface area contributed by atoms with E-state index in [1.54, 1.807) is 6.20 Å². The molecule has 1 fully saturated rings. The molecule has 2 heterocycles. The molecule has 0 radical (unpaired) electrons. The Kier molecular flexibility index (Phi) is 3.97. The molecule has 1 unspecified atom stereocenters. The fourth-order valence-corrected chi connectivity index (χ4v) is 2.48. The van der Waals surface area contributed by atoms with Crippen LogP contribution in [0.2, 0.25) is 0 Å². The standard InChI is InChI=1S/C13H21N3O/c1-3-16-11(2)13(7-14-16)9-15-6-4-5-12(8-15)10-17/h3,7,12,17H,1,4-6,8-10H2,2H3. The number of rotatable bonds is 4.